The number of benzene rings is 1. The van der Waals surface area contributed by atoms with E-state index in [4.69, 9.17) is 0 Å². The Morgan fingerprint density at radius 1 is 1.24 bits per heavy atom. The van der Waals surface area contributed by atoms with Gasteiger partial charge in [-0.25, -0.2) is 0 Å². The summed E-state index contributed by atoms with van der Waals surface area (Å²) in [6.07, 6.45) is 3.08. The molecule has 116 valence electrons. The minimum Gasteiger partial charge on any atom is -0.350 e. The minimum absolute atomic E-state index is 0.0624. The highest BCUT2D eigenvalue weighted by Gasteiger charge is 2.20. The van der Waals surface area contributed by atoms with Crippen molar-refractivity contribution in [2.45, 2.75) is 64.5 Å². The van der Waals surface area contributed by atoms with Crippen LogP contribution >= 0.6 is 0 Å². The molecule has 3 heteroatoms. The Balaban J connectivity index is 1.81. The Hall–Kier alpha value is -1.35. The first-order valence-electron chi connectivity index (χ1n) is 7.99. The Morgan fingerprint density at radius 2 is 1.86 bits per heavy atom. The van der Waals surface area contributed by atoms with Crippen molar-refractivity contribution in [1.82, 2.24) is 10.6 Å². The number of amides is 1. The standard InChI is InChI=1S/C18H28N2O/c1-13(20-17(21)11-12-19-16-9-10-16)14-5-7-15(8-6-14)18(2,3)4/h5-8,13,16,19H,9-12H2,1-4H3,(H,20,21). The highest BCUT2D eigenvalue weighted by Crippen LogP contribution is 2.24. The molecule has 1 aromatic rings. The fourth-order valence-electron chi connectivity index (χ4n) is 2.35. The molecule has 1 fully saturated rings. The molecule has 0 saturated heterocycles. The Bertz CT molecular complexity index is 469. The zero-order valence-electron chi connectivity index (χ0n) is 13.7. The number of hydrogen-bond donors (Lipinski definition) is 2. The van der Waals surface area contributed by atoms with Gasteiger partial charge in [0.15, 0.2) is 0 Å². The van der Waals surface area contributed by atoms with E-state index in [1.54, 1.807) is 0 Å². The second kappa shape index (κ2) is 6.61. The highest BCUT2D eigenvalue weighted by molar-refractivity contribution is 5.76. The van der Waals surface area contributed by atoms with Gasteiger partial charge in [-0.3, -0.25) is 4.79 Å². The summed E-state index contributed by atoms with van der Waals surface area (Å²) in [5.74, 6) is 0.121. The van der Waals surface area contributed by atoms with Crippen molar-refractivity contribution >= 4 is 5.91 Å². The van der Waals surface area contributed by atoms with E-state index in [1.165, 1.54) is 18.4 Å². The molecular formula is C18H28N2O. The Kier molecular flexibility index (Phi) is 5.04. The van der Waals surface area contributed by atoms with E-state index >= 15 is 0 Å². The van der Waals surface area contributed by atoms with Crippen LogP contribution in [0, 0.1) is 0 Å². The van der Waals surface area contributed by atoms with Crippen LogP contribution in [0.2, 0.25) is 0 Å². The number of rotatable bonds is 6. The average Bonchev–Trinajstić information content (AvgIpc) is 3.22. The molecule has 0 radical (unpaired) electrons. The van der Waals surface area contributed by atoms with E-state index in [0.717, 1.165) is 12.1 Å². The monoisotopic (exact) mass is 288 g/mol. The molecule has 1 aromatic carbocycles. The first-order chi connectivity index (χ1) is 9.86. The molecule has 1 aliphatic carbocycles. The average molecular weight is 288 g/mol. The van der Waals surface area contributed by atoms with Gasteiger partial charge in [-0.2, -0.15) is 0 Å². The zero-order chi connectivity index (χ0) is 15.5. The third kappa shape index (κ3) is 5.16. The fraction of sp³-hybridized carbons (Fsp3) is 0.611. The Morgan fingerprint density at radius 3 is 2.38 bits per heavy atom. The van der Waals surface area contributed by atoms with Crippen molar-refractivity contribution in [3.63, 3.8) is 0 Å². The highest BCUT2D eigenvalue weighted by atomic mass is 16.1. The molecule has 3 nitrogen and oxygen atoms in total. The van der Waals surface area contributed by atoms with Gasteiger partial charge >= 0.3 is 0 Å². The van der Waals surface area contributed by atoms with Gasteiger partial charge in [0.25, 0.3) is 0 Å². The summed E-state index contributed by atoms with van der Waals surface area (Å²) in [7, 11) is 0. The molecule has 1 amide bonds. The largest absolute Gasteiger partial charge is 0.350 e. The maximum Gasteiger partial charge on any atom is 0.221 e. The maximum absolute atomic E-state index is 11.9. The van der Waals surface area contributed by atoms with Crippen LogP contribution in [-0.4, -0.2) is 18.5 Å². The van der Waals surface area contributed by atoms with Crippen LogP contribution in [0.25, 0.3) is 0 Å². The molecule has 1 saturated carbocycles. The molecule has 0 bridgehead atoms. The number of hydrogen-bond acceptors (Lipinski definition) is 2. The van der Waals surface area contributed by atoms with E-state index < -0.39 is 0 Å². The normalized spacial score (nSPS) is 16.6. The van der Waals surface area contributed by atoms with Gasteiger partial charge < -0.3 is 10.6 Å². The molecule has 2 N–H and O–H groups in total. The predicted molar refractivity (Wildman–Crippen MR) is 87.3 cm³/mol. The lowest BCUT2D eigenvalue weighted by molar-refractivity contribution is -0.121. The van der Waals surface area contributed by atoms with Gasteiger partial charge in [0.1, 0.15) is 0 Å². The van der Waals surface area contributed by atoms with E-state index in [0.29, 0.717) is 12.5 Å². The van der Waals surface area contributed by atoms with Crippen LogP contribution in [0.3, 0.4) is 0 Å². The summed E-state index contributed by atoms with van der Waals surface area (Å²) in [6.45, 7) is 9.45. The summed E-state index contributed by atoms with van der Waals surface area (Å²) in [4.78, 5) is 11.9. The molecule has 2 rings (SSSR count). The van der Waals surface area contributed by atoms with Gasteiger partial charge in [0.05, 0.1) is 6.04 Å². The third-order valence-corrected chi connectivity index (χ3v) is 4.02. The summed E-state index contributed by atoms with van der Waals surface area (Å²) in [5.41, 5.74) is 2.64. The third-order valence-electron chi connectivity index (χ3n) is 4.02. The van der Waals surface area contributed by atoms with Crippen LogP contribution in [0.4, 0.5) is 0 Å². The van der Waals surface area contributed by atoms with Gasteiger partial charge in [-0.1, -0.05) is 45.0 Å². The van der Waals surface area contributed by atoms with Crippen molar-refractivity contribution in [1.29, 1.82) is 0 Å². The van der Waals surface area contributed by atoms with Gasteiger partial charge in [0, 0.05) is 19.0 Å². The summed E-state index contributed by atoms with van der Waals surface area (Å²) >= 11 is 0. The van der Waals surface area contributed by atoms with E-state index in [9.17, 15) is 4.79 Å². The number of carbonyl (C=O) groups is 1. The van der Waals surface area contributed by atoms with Crippen molar-refractivity contribution in [3.05, 3.63) is 35.4 Å². The molecule has 0 heterocycles. The number of nitrogens with one attached hydrogen (secondary N) is 2. The van der Waals surface area contributed by atoms with Crippen LogP contribution in [0.5, 0.6) is 0 Å². The van der Waals surface area contributed by atoms with Gasteiger partial charge in [-0.15, -0.1) is 0 Å². The van der Waals surface area contributed by atoms with Crippen LogP contribution < -0.4 is 10.6 Å². The lowest BCUT2D eigenvalue weighted by Gasteiger charge is -2.20. The van der Waals surface area contributed by atoms with Crippen molar-refractivity contribution in [2.75, 3.05) is 6.54 Å². The second-order valence-corrected chi connectivity index (χ2v) is 7.14. The fourth-order valence-corrected chi connectivity index (χ4v) is 2.35. The summed E-state index contributed by atoms with van der Waals surface area (Å²) < 4.78 is 0. The molecule has 21 heavy (non-hydrogen) atoms. The van der Waals surface area contributed by atoms with Crippen molar-refractivity contribution in [2.24, 2.45) is 0 Å². The van der Waals surface area contributed by atoms with Gasteiger partial charge in [0.2, 0.25) is 5.91 Å². The predicted octanol–water partition coefficient (Wildman–Crippen LogP) is 3.30. The van der Waals surface area contributed by atoms with Crippen LogP contribution in [-0.2, 0) is 10.2 Å². The van der Waals surface area contributed by atoms with Crippen molar-refractivity contribution in [3.8, 4) is 0 Å². The minimum atomic E-state index is 0.0624. The molecular weight excluding hydrogens is 260 g/mol. The number of carbonyl (C=O) groups excluding carboxylic acids is 1. The molecule has 1 unspecified atom stereocenters. The maximum atomic E-state index is 11.9. The molecule has 0 spiro atoms. The Labute approximate surface area is 128 Å². The van der Waals surface area contributed by atoms with E-state index in [1.807, 2.05) is 6.92 Å². The summed E-state index contributed by atoms with van der Waals surface area (Å²) in [5, 5.41) is 6.43. The quantitative estimate of drug-likeness (QED) is 0.843. The van der Waals surface area contributed by atoms with Gasteiger partial charge in [-0.05, 0) is 36.3 Å². The smallest absolute Gasteiger partial charge is 0.221 e. The first kappa shape index (κ1) is 16.0. The molecule has 1 atom stereocenters. The lowest BCUT2D eigenvalue weighted by Crippen LogP contribution is -2.30. The molecule has 0 aromatic heterocycles. The van der Waals surface area contributed by atoms with Crippen LogP contribution in [0.1, 0.15) is 64.1 Å². The van der Waals surface area contributed by atoms with E-state index in [-0.39, 0.29) is 17.4 Å². The van der Waals surface area contributed by atoms with Crippen LogP contribution in [0.15, 0.2) is 24.3 Å². The zero-order valence-corrected chi connectivity index (χ0v) is 13.7. The van der Waals surface area contributed by atoms with Crippen molar-refractivity contribution < 1.29 is 4.79 Å². The SMILES string of the molecule is CC(NC(=O)CCNC1CC1)c1ccc(C(C)(C)C)cc1. The molecule has 1 aliphatic rings. The molecule has 0 aliphatic heterocycles. The lowest BCUT2D eigenvalue weighted by atomic mass is 9.86. The topological polar surface area (TPSA) is 41.1 Å². The first-order valence-corrected chi connectivity index (χ1v) is 7.99. The van der Waals surface area contributed by atoms with E-state index in [2.05, 4.69) is 55.7 Å². The summed E-state index contributed by atoms with van der Waals surface area (Å²) in [6, 6.07) is 9.29. The second-order valence-electron chi connectivity index (χ2n) is 7.14.